The predicted molar refractivity (Wildman–Crippen MR) is 98.7 cm³/mol. The van der Waals surface area contributed by atoms with Gasteiger partial charge in [0.25, 0.3) is 0 Å². The Labute approximate surface area is 146 Å². The number of anilines is 2. The summed E-state index contributed by atoms with van der Waals surface area (Å²) in [6, 6.07) is 13.0. The summed E-state index contributed by atoms with van der Waals surface area (Å²) in [5.74, 6) is 0.582. The lowest BCUT2D eigenvalue weighted by molar-refractivity contribution is -0.115. The van der Waals surface area contributed by atoms with E-state index >= 15 is 0 Å². The van der Waals surface area contributed by atoms with Crippen molar-refractivity contribution in [2.24, 2.45) is 0 Å². The molecular weight excluding hydrogens is 316 g/mol. The van der Waals surface area contributed by atoms with Crippen molar-refractivity contribution in [1.82, 2.24) is 0 Å². The third kappa shape index (κ3) is 4.47. The van der Waals surface area contributed by atoms with Gasteiger partial charge in [-0.05, 0) is 54.0 Å². The number of hydrogen-bond donors (Lipinski definition) is 2. The Kier molecular flexibility index (Phi) is 5.14. The van der Waals surface area contributed by atoms with E-state index in [9.17, 15) is 9.59 Å². The van der Waals surface area contributed by atoms with Gasteiger partial charge in [-0.3, -0.25) is 9.59 Å². The smallest absolute Gasteiger partial charge is 0.248 e. The molecule has 2 N–H and O–H groups in total. The van der Waals surface area contributed by atoms with E-state index in [0.29, 0.717) is 18.7 Å². The number of benzene rings is 2. The number of fused-ring (bicyclic) bond motifs is 1. The van der Waals surface area contributed by atoms with E-state index < -0.39 is 0 Å². The predicted octanol–water partition coefficient (Wildman–Crippen LogP) is 3.62. The van der Waals surface area contributed by atoms with E-state index in [4.69, 9.17) is 4.74 Å². The Hall–Kier alpha value is -3.08. The maximum atomic E-state index is 12.1. The van der Waals surface area contributed by atoms with E-state index in [-0.39, 0.29) is 11.8 Å². The molecule has 2 aromatic rings. The van der Waals surface area contributed by atoms with Crippen molar-refractivity contribution in [3.63, 3.8) is 0 Å². The van der Waals surface area contributed by atoms with Crippen molar-refractivity contribution in [3.8, 4) is 5.75 Å². The number of carbonyl (C=O) groups excluding carboxylic acids is 2. The van der Waals surface area contributed by atoms with Gasteiger partial charge in [-0.2, -0.15) is 0 Å². The first-order chi connectivity index (χ1) is 12.1. The van der Waals surface area contributed by atoms with E-state index in [1.54, 1.807) is 18.2 Å². The molecule has 1 aliphatic rings. The van der Waals surface area contributed by atoms with Crippen LogP contribution in [0.1, 0.15) is 24.5 Å². The molecule has 0 atom stereocenters. The molecule has 5 nitrogen and oxygen atoms in total. The lowest BCUT2D eigenvalue weighted by Gasteiger charge is -2.05. The zero-order chi connectivity index (χ0) is 17.6. The Bertz CT molecular complexity index is 810. The van der Waals surface area contributed by atoms with Crippen molar-refractivity contribution in [2.75, 3.05) is 17.2 Å². The van der Waals surface area contributed by atoms with Crippen LogP contribution < -0.4 is 15.4 Å². The molecule has 1 heterocycles. The van der Waals surface area contributed by atoms with Crippen LogP contribution in [0, 0.1) is 0 Å². The number of ether oxygens (including phenoxy) is 1. The van der Waals surface area contributed by atoms with Crippen LogP contribution in [-0.2, 0) is 16.0 Å². The summed E-state index contributed by atoms with van der Waals surface area (Å²) >= 11 is 0. The molecule has 128 valence electrons. The zero-order valence-corrected chi connectivity index (χ0v) is 14.0. The second-order valence-electron chi connectivity index (χ2n) is 5.84. The van der Waals surface area contributed by atoms with Gasteiger partial charge in [0.15, 0.2) is 0 Å². The van der Waals surface area contributed by atoms with Crippen molar-refractivity contribution in [3.05, 3.63) is 59.7 Å². The molecular formula is C20H20N2O3. The lowest BCUT2D eigenvalue weighted by atomic mass is 10.1. The molecule has 0 aromatic heterocycles. The van der Waals surface area contributed by atoms with Crippen LogP contribution in [0.15, 0.2) is 48.5 Å². The van der Waals surface area contributed by atoms with Gasteiger partial charge in [0, 0.05) is 17.5 Å². The molecule has 3 rings (SSSR count). The van der Waals surface area contributed by atoms with Gasteiger partial charge in [-0.1, -0.05) is 19.1 Å². The normalized spacial score (nSPS) is 12.8. The van der Waals surface area contributed by atoms with E-state index in [0.717, 1.165) is 29.0 Å². The third-order valence-corrected chi connectivity index (χ3v) is 3.78. The number of rotatable bonds is 6. The lowest BCUT2D eigenvalue weighted by Crippen LogP contribution is -2.07. The Balaban J connectivity index is 1.58. The van der Waals surface area contributed by atoms with Crippen LogP contribution in [0.2, 0.25) is 0 Å². The molecule has 2 aromatic carbocycles. The number of hydrogen-bond acceptors (Lipinski definition) is 3. The van der Waals surface area contributed by atoms with E-state index in [1.165, 1.54) is 6.08 Å². The minimum atomic E-state index is -0.219. The fourth-order valence-electron chi connectivity index (χ4n) is 2.56. The molecule has 0 saturated carbocycles. The van der Waals surface area contributed by atoms with Crippen LogP contribution >= 0.6 is 0 Å². The standard InChI is InChI=1S/C20H20N2O3/c1-2-11-25-17-7-3-14(4-8-17)5-10-19(23)21-16-6-9-18-15(12-16)13-20(24)22-18/h3-10,12H,2,11,13H2,1H3,(H,21,23)(H,22,24). The summed E-state index contributed by atoms with van der Waals surface area (Å²) in [4.78, 5) is 23.4. The molecule has 0 saturated heterocycles. The summed E-state index contributed by atoms with van der Waals surface area (Å²) < 4.78 is 5.53. The fourth-order valence-corrected chi connectivity index (χ4v) is 2.56. The van der Waals surface area contributed by atoms with Crippen LogP contribution in [0.25, 0.3) is 6.08 Å². The highest BCUT2D eigenvalue weighted by Gasteiger charge is 2.17. The van der Waals surface area contributed by atoms with Crippen molar-refractivity contribution in [2.45, 2.75) is 19.8 Å². The van der Waals surface area contributed by atoms with Gasteiger partial charge in [0.1, 0.15) is 5.75 Å². The molecule has 25 heavy (non-hydrogen) atoms. The minimum Gasteiger partial charge on any atom is -0.494 e. The zero-order valence-electron chi connectivity index (χ0n) is 14.0. The summed E-state index contributed by atoms with van der Waals surface area (Å²) in [5.41, 5.74) is 3.30. The van der Waals surface area contributed by atoms with Crippen LogP contribution in [0.3, 0.4) is 0 Å². The largest absolute Gasteiger partial charge is 0.494 e. The molecule has 0 fully saturated rings. The Morgan fingerprint density at radius 3 is 2.80 bits per heavy atom. The monoisotopic (exact) mass is 336 g/mol. The topological polar surface area (TPSA) is 67.4 Å². The van der Waals surface area contributed by atoms with Gasteiger partial charge < -0.3 is 15.4 Å². The van der Waals surface area contributed by atoms with Crippen LogP contribution in [0.5, 0.6) is 5.75 Å². The summed E-state index contributed by atoms with van der Waals surface area (Å²) in [5, 5.41) is 5.57. The minimum absolute atomic E-state index is 0.0234. The number of carbonyl (C=O) groups is 2. The molecule has 0 bridgehead atoms. The molecule has 0 unspecified atom stereocenters. The third-order valence-electron chi connectivity index (χ3n) is 3.78. The average Bonchev–Trinajstić information content (AvgIpc) is 2.98. The number of nitrogens with one attached hydrogen (secondary N) is 2. The van der Waals surface area contributed by atoms with Gasteiger partial charge >= 0.3 is 0 Å². The second-order valence-corrected chi connectivity index (χ2v) is 5.84. The second kappa shape index (κ2) is 7.66. The quantitative estimate of drug-likeness (QED) is 0.792. The Morgan fingerprint density at radius 1 is 1.24 bits per heavy atom. The molecule has 0 aliphatic carbocycles. The first-order valence-corrected chi connectivity index (χ1v) is 8.29. The van der Waals surface area contributed by atoms with Crippen molar-refractivity contribution < 1.29 is 14.3 Å². The number of amides is 2. The molecule has 5 heteroatoms. The van der Waals surface area contributed by atoms with Crippen LogP contribution in [0.4, 0.5) is 11.4 Å². The maximum absolute atomic E-state index is 12.1. The SMILES string of the molecule is CCCOc1ccc(C=CC(=O)Nc2ccc3c(c2)CC(=O)N3)cc1. The van der Waals surface area contributed by atoms with Crippen LogP contribution in [-0.4, -0.2) is 18.4 Å². The highest BCUT2D eigenvalue weighted by atomic mass is 16.5. The first kappa shape index (κ1) is 16.8. The van der Waals surface area contributed by atoms with E-state index in [1.807, 2.05) is 30.3 Å². The van der Waals surface area contributed by atoms with Gasteiger partial charge in [-0.25, -0.2) is 0 Å². The molecule has 0 spiro atoms. The summed E-state index contributed by atoms with van der Waals surface area (Å²) in [6.07, 6.45) is 4.55. The molecule has 0 radical (unpaired) electrons. The van der Waals surface area contributed by atoms with E-state index in [2.05, 4.69) is 17.6 Å². The summed E-state index contributed by atoms with van der Waals surface area (Å²) in [6.45, 7) is 2.75. The molecule has 1 aliphatic heterocycles. The highest BCUT2D eigenvalue weighted by molar-refractivity contribution is 6.03. The Morgan fingerprint density at radius 2 is 2.04 bits per heavy atom. The van der Waals surface area contributed by atoms with Crippen molar-refractivity contribution in [1.29, 1.82) is 0 Å². The fraction of sp³-hybridized carbons (Fsp3) is 0.200. The van der Waals surface area contributed by atoms with Gasteiger partial charge in [0.2, 0.25) is 11.8 Å². The van der Waals surface area contributed by atoms with Crippen molar-refractivity contribution >= 4 is 29.3 Å². The summed E-state index contributed by atoms with van der Waals surface area (Å²) in [7, 11) is 0. The van der Waals surface area contributed by atoms with Gasteiger partial charge in [-0.15, -0.1) is 0 Å². The molecule has 2 amide bonds. The average molecular weight is 336 g/mol. The first-order valence-electron chi connectivity index (χ1n) is 8.29. The maximum Gasteiger partial charge on any atom is 0.248 e. The highest BCUT2D eigenvalue weighted by Crippen LogP contribution is 2.26. The van der Waals surface area contributed by atoms with Gasteiger partial charge in [0.05, 0.1) is 13.0 Å².